The number of rotatable bonds is 8. The predicted molar refractivity (Wildman–Crippen MR) is 160 cm³/mol. The minimum absolute atomic E-state index is 0.00541. The Morgan fingerprint density at radius 3 is 2.74 bits per heavy atom. The fraction of sp³-hybridized carbons (Fsp3) is 0.267. The van der Waals surface area contributed by atoms with Crippen molar-refractivity contribution in [2.45, 2.75) is 40.3 Å². The van der Waals surface area contributed by atoms with Crippen LogP contribution in [0.2, 0.25) is 0 Å². The van der Waals surface area contributed by atoms with E-state index in [2.05, 4.69) is 64.0 Å². The predicted octanol–water partition coefficient (Wildman–Crippen LogP) is 6.33. The topological polar surface area (TPSA) is 118 Å². The fourth-order valence-corrected chi connectivity index (χ4v) is 4.68. The Morgan fingerprint density at radius 2 is 1.97 bits per heavy atom. The number of nitrogens with one attached hydrogen (secondary N) is 3. The molecule has 0 saturated carbocycles. The van der Waals surface area contributed by atoms with Crippen LogP contribution in [0.1, 0.15) is 34.1 Å². The second kappa shape index (κ2) is 10.3. The zero-order chi connectivity index (χ0) is 27.7. The van der Waals surface area contributed by atoms with E-state index in [0.717, 1.165) is 55.8 Å². The van der Waals surface area contributed by atoms with E-state index in [1.807, 2.05) is 67.7 Å². The van der Waals surface area contributed by atoms with Crippen LogP contribution in [0.3, 0.4) is 0 Å². The van der Waals surface area contributed by atoms with Crippen LogP contribution < -0.4 is 10.2 Å². The van der Waals surface area contributed by atoms with Gasteiger partial charge in [-0.2, -0.15) is 5.10 Å². The minimum atomic E-state index is -0.658. The molecule has 3 aromatic heterocycles. The number of fused-ring (bicyclic) bond motifs is 2. The van der Waals surface area contributed by atoms with Crippen molar-refractivity contribution in [2.75, 3.05) is 17.3 Å². The van der Waals surface area contributed by atoms with Gasteiger partial charge < -0.3 is 20.3 Å². The number of para-hydroxylation sites is 1. The lowest BCUT2D eigenvalue weighted by atomic mass is 9.91. The van der Waals surface area contributed by atoms with E-state index in [-0.39, 0.29) is 5.41 Å². The number of aliphatic hydroxyl groups is 1. The number of benzene rings is 2. The summed E-state index contributed by atoms with van der Waals surface area (Å²) in [6.07, 6.45) is 5.43. The van der Waals surface area contributed by atoms with Crippen molar-refractivity contribution in [3.8, 4) is 22.6 Å². The van der Waals surface area contributed by atoms with Crippen molar-refractivity contribution in [2.24, 2.45) is 10.4 Å². The molecule has 2 aromatic carbocycles. The smallest absolute Gasteiger partial charge is 0.159 e. The molecule has 5 rings (SSSR count). The number of nitrogens with zero attached hydrogens (tertiary/aromatic N) is 5. The Labute approximate surface area is 227 Å². The van der Waals surface area contributed by atoms with Crippen molar-refractivity contribution >= 4 is 40.0 Å². The Balaban J connectivity index is 1.49. The van der Waals surface area contributed by atoms with E-state index in [0.29, 0.717) is 12.2 Å². The van der Waals surface area contributed by atoms with Gasteiger partial charge in [0.05, 0.1) is 34.3 Å². The Morgan fingerprint density at radius 1 is 1.15 bits per heavy atom. The molecule has 5 aromatic rings. The largest absolute Gasteiger partial charge is 0.374 e. The molecular weight excluding hydrogens is 488 g/mol. The number of hydrogen-bond acceptors (Lipinski definition) is 7. The average Bonchev–Trinajstić information content (AvgIpc) is 3.51. The molecule has 4 N–H and O–H groups in total. The third-order valence-corrected chi connectivity index (χ3v) is 6.50. The number of aliphatic hydroxyl groups excluding tert-OH is 1. The van der Waals surface area contributed by atoms with Gasteiger partial charge in [-0.15, -0.1) is 0 Å². The molecule has 0 fully saturated rings. The van der Waals surface area contributed by atoms with Gasteiger partial charge in [0, 0.05) is 30.4 Å². The molecule has 0 radical (unpaired) electrons. The quantitative estimate of drug-likeness (QED) is 0.140. The summed E-state index contributed by atoms with van der Waals surface area (Å²) in [5.74, 6) is 0.677. The van der Waals surface area contributed by atoms with Gasteiger partial charge in [-0.05, 0) is 61.4 Å². The lowest BCUT2D eigenvalue weighted by Gasteiger charge is -2.23. The van der Waals surface area contributed by atoms with Gasteiger partial charge in [0.2, 0.25) is 0 Å². The molecule has 0 spiro atoms. The first-order valence-electron chi connectivity index (χ1n) is 12.9. The first kappa shape index (κ1) is 26.1. The fourth-order valence-electron chi connectivity index (χ4n) is 4.68. The Bertz CT molecular complexity index is 1670. The summed E-state index contributed by atoms with van der Waals surface area (Å²) in [4.78, 5) is 18.7. The molecule has 200 valence electrons. The number of allylic oxidation sites excluding steroid dienone is 1. The van der Waals surface area contributed by atoms with Crippen molar-refractivity contribution in [3.63, 3.8) is 0 Å². The molecule has 0 bridgehead atoms. The number of aromatic amines is 2. The second-order valence-electron chi connectivity index (χ2n) is 11.0. The third kappa shape index (κ3) is 5.68. The van der Waals surface area contributed by atoms with Crippen molar-refractivity contribution < 1.29 is 5.11 Å². The van der Waals surface area contributed by atoms with E-state index < -0.39 is 6.23 Å². The molecular formula is C30H34N8O. The number of aliphatic imine (C=N–C) groups is 1. The highest BCUT2D eigenvalue weighted by atomic mass is 16.3. The van der Waals surface area contributed by atoms with Crippen LogP contribution in [0.4, 0.5) is 11.4 Å². The van der Waals surface area contributed by atoms with Crippen molar-refractivity contribution in [3.05, 3.63) is 66.8 Å². The Kier molecular flexibility index (Phi) is 6.93. The van der Waals surface area contributed by atoms with Gasteiger partial charge in [-0.1, -0.05) is 32.9 Å². The molecule has 0 amide bonds. The van der Waals surface area contributed by atoms with Gasteiger partial charge in [0.1, 0.15) is 17.4 Å². The van der Waals surface area contributed by atoms with Crippen LogP contribution in [0, 0.1) is 5.41 Å². The molecule has 3 heterocycles. The molecule has 0 aliphatic rings. The van der Waals surface area contributed by atoms with Crippen LogP contribution in [0.25, 0.3) is 44.6 Å². The molecule has 1 atom stereocenters. The maximum Gasteiger partial charge on any atom is 0.159 e. The SMILES string of the molecule is C=N/C(C)=C\N(C)c1cccc2[nH]c(-c3n[nH]c4ccc(-c5cncc(NC(O)CC(C)(C)C)c5)cc34)nc12. The third-order valence-electron chi connectivity index (χ3n) is 6.50. The van der Waals surface area contributed by atoms with Gasteiger partial charge in [-0.3, -0.25) is 15.1 Å². The molecule has 9 nitrogen and oxygen atoms in total. The molecule has 39 heavy (non-hydrogen) atoms. The van der Waals surface area contributed by atoms with Crippen LogP contribution in [0.5, 0.6) is 0 Å². The highest BCUT2D eigenvalue weighted by molar-refractivity contribution is 5.97. The van der Waals surface area contributed by atoms with Crippen LogP contribution in [-0.2, 0) is 0 Å². The lowest BCUT2D eigenvalue weighted by molar-refractivity contribution is 0.145. The highest BCUT2D eigenvalue weighted by Crippen LogP contribution is 2.33. The maximum atomic E-state index is 10.5. The maximum absolute atomic E-state index is 10.5. The summed E-state index contributed by atoms with van der Waals surface area (Å²) in [5.41, 5.74) is 7.85. The summed E-state index contributed by atoms with van der Waals surface area (Å²) >= 11 is 0. The van der Waals surface area contributed by atoms with Gasteiger partial charge >= 0.3 is 0 Å². The molecule has 1 unspecified atom stereocenters. The number of H-pyrrole nitrogens is 2. The minimum Gasteiger partial charge on any atom is -0.374 e. The summed E-state index contributed by atoms with van der Waals surface area (Å²) < 4.78 is 0. The van der Waals surface area contributed by atoms with Crippen LogP contribution in [0.15, 0.2) is 71.7 Å². The van der Waals surface area contributed by atoms with Crippen molar-refractivity contribution in [1.29, 1.82) is 0 Å². The summed E-state index contributed by atoms with van der Waals surface area (Å²) in [5, 5.41) is 22.3. The average molecular weight is 523 g/mol. The van der Waals surface area contributed by atoms with Gasteiger partial charge in [0.15, 0.2) is 5.82 Å². The molecule has 0 saturated heterocycles. The zero-order valence-corrected chi connectivity index (χ0v) is 22.9. The van der Waals surface area contributed by atoms with Crippen molar-refractivity contribution in [1.82, 2.24) is 25.1 Å². The monoisotopic (exact) mass is 522 g/mol. The summed E-state index contributed by atoms with van der Waals surface area (Å²) in [6, 6.07) is 14.1. The van der Waals surface area contributed by atoms with E-state index in [1.165, 1.54) is 0 Å². The van der Waals surface area contributed by atoms with Gasteiger partial charge in [-0.25, -0.2) is 4.98 Å². The zero-order valence-electron chi connectivity index (χ0n) is 22.9. The molecule has 0 aliphatic carbocycles. The standard InChI is InChI=1S/C30H34N8O/c1-18(31-5)17-38(6)25-9-7-8-24-28(25)35-29(34-24)27-22-13-19(10-11-23(22)36-37-27)20-12-21(16-32-15-20)33-26(39)14-30(2,3)4/h7-13,15-17,26,33,39H,5,14H2,1-4,6H3,(H,34,35)(H,36,37)/b18-17-. The normalized spacial score (nSPS) is 13.1. The van der Waals surface area contributed by atoms with E-state index in [4.69, 9.17) is 4.98 Å². The summed E-state index contributed by atoms with van der Waals surface area (Å²) in [7, 11) is 1.97. The van der Waals surface area contributed by atoms with E-state index >= 15 is 0 Å². The first-order valence-corrected chi connectivity index (χ1v) is 12.9. The lowest BCUT2D eigenvalue weighted by Crippen LogP contribution is -2.25. The highest BCUT2D eigenvalue weighted by Gasteiger charge is 2.18. The van der Waals surface area contributed by atoms with Gasteiger partial charge in [0.25, 0.3) is 0 Å². The molecule has 9 heteroatoms. The summed E-state index contributed by atoms with van der Waals surface area (Å²) in [6.45, 7) is 11.8. The van der Waals surface area contributed by atoms with Crippen LogP contribution >= 0.6 is 0 Å². The molecule has 0 aliphatic heterocycles. The Hall–Kier alpha value is -4.50. The second-order valence-corrected chi connectivity index (χ2v) is 11.0. The van der Waals surface area contributed by atoms with Crippen LogP contribution in [-0.4, -0.2) is 50.2 Å². The number of hydrogen-bond donors (Lipinski definition) is 4. The number of anilines is 2. The van der Waals surface area contributed by atoms with E-state index in [1.54, 1.807) is 6.20 Å². The number of imidazole rings is 1. The number of pyridine rings is 1. The number of aromatic nitrogens is 5. The van der Waals surface area contributed by atoms with E-state index in [9.17, 15) is 5.11 Å². The first-order chi connectivity index (χ1) is 18.6.